The molecule has 0 spiro atoms. The Bertz CT molecular complexity index is 150. The zero-order valence-electron chi connectivity index (χ0n) is 9.66. The molecule has 0 aliphatic carbocycles. The molecule has 0 saturated carbocycles. The van der Waals surface area contributed by atoms with Gasteiger partial charge >= 0.3 is 0 Å². The van der Waals surface area contributed by atoms with Gasteiger partial charge < -0.3 is 9.47 Å². The molecule has 1 fully saturated rings. The molecule has 14 heavy (non-hydrogen) atoms. The van der Waals surface area contributed by atoms with Crippen molar-refractivity contribution in [2.24, 2.45) is 0 Å². The van der Waals surface area contributed by atoms with E-state index in [1.165, 1.54) is 19.4 Å². The van der Waals surface area contributed by atoms with Crippen molar-refractivity contribution < 1.29 is 9.47 Å². The number of rotatable bonds is 5. The van der Waals surface area contributed by atoms with E-state index in [4.69, 9.17) is 9.47 Å². The molecule has 1 aliphatic heterocycles. The first-order valence-corrected chi connectivity index (χ1v) is 5.59. The number of hydrogen-bond acceptors (Lipinski definition) is 3. The van der Waals surface area contributed by atoms with Crippen LogP contribution >= 0.6 is 0 Å². The lowest BCUT2D eigenvalue weighted by Crippen LogP contribution is -2.41. The molecule has 1 heterocycles. The first kappa shape index (κ1) is 12.0. The number of likely N-dealkylation sites (tertiary alicyclic amines) is 1. The Morgan fingerprint density at radius 2 is 2.21 bits per heavy atom. The fraction of sp³-hybridized carbons (Fsp3) is 1.00. The summed E-state index contributed by atoms with van der Waals surface area (Å²) in [7, 11) is 1.80. The normalized spacial score (nSPS) is 24.4. The summed E-state index contributed by atoms with van der Waals surface area (Å²) in [5.74, 6) is 0. The molecule has 1 aliphatic rings. The van der Waals surface area contributed by atoms with Crippen LogP contribution in [-0.2, 0) is 9.47 Å². The zero-order chi connectivity index (χ0) is 10.4. The maximum atomic E-state index is 5.53. The standard InChI is InChI=1S/C11H23NO2/c1-10(2)14-8-7-12-6-4-5-11(9-12)13-3/h10-11H,4-9H2,1-3H3. The summed E-state index contributed by atoms with van der Waals surface area (Å²) in [4.78, 5) is 2.43. The zero-order valence-corrected chi connectivity index (χ0v) is 9.66. The van der Waals surface area contributed by atoms with E-state index in [0.717, 1.165) is 19.7 Å². The van der Waals surface area contributed by atoms with E-state index in [0.29, 0.717) is 12.2 Å². The van der Waals surface area contributed by atoms with E-state index >= 15 is 0 Å². The van der Waals surface area contributed by atoms with Gasteiger partial charge in [-0.05, 0) is 33.2 Å². The van der Waals surface area contributed by atoms with Crippen LogP contribution < -0.4 is 0 Å². The molecule has 0 aromatic carbocycles. The Morgan fingerprint density at radius 3 is 2.86 bits per heavy atom. The van der Waals surface area contributed by atoms with E-state index in [1.54, 1.807) is 7.11 Å². The smallest absolute Gasteiger partial charge is 0.0698 e. The minimum Gasteiger partial charge on any atom is -0.380 e. The van der Waals surface area contributed by atoms with E-state index < -0.39 is 0 Å². The van der Waals surface area contributed by atoms with Crippen LogP contribution in [0.5, 0.6) is 0 Å². The van der Waals surface area contributed by atoms with Crippen molar-refractivity contribution in [3.05, 3.63) is 0 Å². The van der Waals surface area contributed by atoms with Crippen molar-refractivity contribution in [2.75, 3.05) is 33.4 Å². The lowest BCUT2D eigenvalue weighted by atomic mass is 10.1. The van der Waals surface area contributed by atoms with Gasteiger partial charge in [0.2, 0.25) is 0 Å². The van der Waals surface area contributed by atoms with E-state index in [2.05, 4.69) is 18.7 Å². The second kappa shape index (κ2) is 6.38. The Balaban J connectivity index is 2.11. The predicted molar refractivity (Wildman–Crippen MR) is 57.6 cm³/mol. The topological polar surface area (TPSA) is 21.7 Å². The number of hydrogen-bond donors (Lipinski definition) is 0. The first-order chi connectivity index (χ1) is 6.72. The lowest BCUT2D eigenvalue weighted by Gasteiger charge is -2.31. The molecule has 1 rings (SSSR count). The van der Waals surface area contributed by atoms with Gasteiger partial charge in [-0.25, -0.2) is 0 Å². The second-order valence-corrected chi connectivity index (χ2v) is 4.22. The van der Waals surface area contributed by atoms with Crippen LogP contribution in [0, 0.1) is 0 Å². The summed E-state index contributed by atoms with van der Waals surface area (Å²) in [6, 6.07) is 0. The van der Waals surface area contributed by atoms with Gasteiger partial charge in [0.1, 0.15) is 0 Å². The minimum absolute atomic E-state index is 0.345. The average molecular weight is 201 g/mol. The lowest BCUT2D eigenvalue weighted by molar-refractivity contribution is 0.00891. The van der Waals surface area contributed by atoms with Gasteiger partial charge in [-0.2, -0.15) is 0 Å². The first-order valence-electron chi connectivity index (χ1n) is 5.59. The average Bonchev–Trinajstić information content (AvgIpc) is 2.18. The van der Waals surface area contributed by atoms with Crippen LogP contribution in [0.1, 0.15) is 26.7 Å². The summed E-state index contributed by atoms with van der Waals surface area (Å²) >= 11 is 0. The molecule has 0 bridgehead atoms. The highest BCUT2D eigenvalue weighted by Gasteiger charge is 2.18. The molecule has 3 heteroatoms. The van der Waals surface area contributed by atoms with Crippen molar-refractivity contribution in [1.82, 2.24) is 4.90 Å². The molecule has 0 aromatic heterocycles. The van der Waals surface area contributed by atoms with Gasteiger partial charge in [-0.15, -0.1) is 0 Å². The number of methoxy groups -OCH3 is 1. The van der Waals surface area contributed by atoms with E-state index in [9.17, 15) is 0 Å². The minimum atomic E-state index is 0.345. The maximum Gasteiger partial charge on any atom is 0.0698 e. The fourth-order valence-electron chi connectivity index (χ4n) is 1.83. The van der Waals surface area contributed by atoms with Crippen LogP contribution in [-0.4, -0.2) is 50.5 Å². The third-order valence-corrected chi connectivity index (χ3v) is 2.65. The second-order valence-electron chi connectivity index (χ2n) is 4.22. The van der Waals surface area contributed by atoms with Crippen LogP contribution in [0.3, 0.4) is 0 Å². The summed E-state index contributed by atoms with van der Waals surface area (Å²) < 4.78 is 10.9. The number of piperidine rings is 1. The SMILES string of the molecule is COC1CCCN(CCOC(C)C)C1. The van der Waals surface area contributed by atoms with Crippen molar-refractivity contribution in [1.29, 1.82) is 0 Å². The molecule has 0 amide bonds. The molecule has 3 nitrogen and oxygen atoms in total. The van der Waals surface area contributed by atoms with Gasteiger partial charge in [0.05, 0.1) is 18.8 Å². The maximum absolute atomic E-state index is 5.53. The summed E-state index contributed by atoms with van der Waals surface area (Å²) in [6.45, 7) is 8.30. The van der Waals surface area contributed by atoms with Crippen LogP contribution in [0.4, 0.5) is 0 Å². The Kier molecular flexibility index (Phi) is 5.45. The molecule has 1 atom stereocenters. The molecule has 1 saturated heterocycles. The third kappa shape index (κ3) is 4.40. The van der Waals surface area contributed by atoms with Crippen LogP contribution in [0.25, 0.3) is 0 Å². The van der Waals surface area contributed by atoms with Crippen molar-refractivity contribution in [3.63, 3.8) is 0 Å². The molecule has 0 radical (unpaired) electrons. The van der Waals surface area contributed by atoms with Crippen LogP contribution in [0.15, 0.2) is 0 Å². The number of ether oxygens (including phenoxy) is 2. The Labute approximate surface area is 87.4 Å². The van der Waals surface area contributed by atoms with E-state index in [-0.39, 0.29) is 0 Å². The van der Waals surface area contributed by atoms with Gasteiger partial charge in [-0.3, -0.25) is 4.90 Å². The summed E-state index contributed by atoms with van der Waals surface area (Å²) in [6.07, 6.45) is 3.24. The Hall–Kier alpha value is -0.120. The third-order valence-electron chi connectivity index (χ3n) is 2.65. The van der Waals surface area contributed by atoms with Gasteiger partial charge in [0.25, 0.3) is 0 Å². The van der Waals surface area contributed by atoms with Crippen molar-refractivity contribution >= 4 is 0 Å². The van der Waals surface area contributed by atoms with Gasteiger partial charge in [-0.1, -0.05) is 0 Å². The van der Waals surface area contributed by atoms with E-state index in [1.807, 2.05) is 0 Å². The molecular formula is C11H23NO2. The monoisotopic (exact) mass is 201 g/mol. The quantitative estimate of drug-likeness (QED) is 0.673. The van der Waals surface area contributed by atoms with Crippen molar-refractivity contribution in [3.8, 4) is 0 Å². The summed E-state index contributed by atoms with van der Waals surface area (Å²) in [5.41, 5.74) is 0. The van der Waals surface area contributed by atoms with Crippen LogP contribution in [0.2, 0.25) is 0 Å². The molecule has 0 aromatic rings. The highest BCUT2D eigenvalue weighted by Crippen LogP contribution is 2.11. The van der Waals surface area contributed by atoms with Gasteiger partial charge in [0.15, 0.2) is 0 Å². The fourth-order valence-corrected chi connectivity index (χ4v) is 1.83. The van der Waals surface area contributed by atoms with Gasteiger partial charge in [0, 0.05) is 20.2 Å². The highest BCUT2D eigenvalue weighted by atomic mass is 16.5. The summed E-state index contributed by atoms with van der Waals surface area (Å²) in [5, 5.41) is 0. The molecule has 0 N–H and O–H groups in total. The number of nitrogens with zero attached hydrogens (tertiary/aromatic N) is 1. The highest BCUT2D eigenvalue weighted by molar-refractivity contribution is 4.72. The largest absolute Gasteiger partial charge is 0.380 e. The van der Waals surface area contributed by atoms with Crippen molar-refractivity contribution in [2.45, 2.75) is 38.9 Å². The molecule has 84 valence electrons. The Morgan fingerprint density at radius 1 is 1.43 bits per heavy atom. The molecule has 1 unspecified atom stereocenters. The predicted octanol–water partition coefficient (Wildman–Crippen LogP) is 1.52. The molecular weight excluding hydrogens is 178 g/mol.